The van der Waals surface area contributed by atoms with Gasteiger partial charge in [-0.3, -0.25) is 0 Å². The van der Waals surface area contributed by atoms with Crippen LogP contribution in [0.2, 0.25) is 0 Å². The molecule has 1 heterocycles. The second-order valence-corrected chi connectivity index (χ2v) is 4.83. The van der Waals surface area contributed by atoms with Crippen molar-refractivity contribution in [3.05, 3.63) is 54.7 Å². The lowest BCUT2D eigenvalue weighted by molar-refractivity contribution is 0.281. The second-order valence-electron chi connectivity index (χ2n) is 4.83. The number of nitrogens with two attached hydrogens (primary N) is 1. The Kier molecular flexibility index (Phi) is 3.69. The van der Waals surface area contributed by atoms with Crippen LogP contribution in [0.5, 0.6) is 11.5 Å². The van der Waals surface area contributed by atoms with Gasteiger partial charge in [0.2, 0.25) is 0 Å². The first kappa shape index (κ1) is 13.4. The van der Waals surface area contributed by atoms with E-state index in [1.165, 1.54) is 0 Å². The highest BCUT2D eigenvalue weighted by Crippen LogP contribution is 2.26. The SMILES string of the molecule is COc1ccccc1OCCn1ccc2cc(N)ccc21. The number of benzene rings is 2. The molecule has 0 aliphatic rings. The van der Waals surface area contributed by atoms with Crippen LogP contribution in [0.4, 0.5) is 5.69 Å². The number of nitrogens with zero attached hydrogens (tertiary/aromatic N) is 1. The molecule has 0 saturated carbocycles. The fourth-order valence-electron chi connectivity index (χ4n) is 2.41. The van der Waals surface area contributed by atoms with Gasteiger partial charge in [0.15, 0.2) is 11.5 Å². The molecule has 108 valence electrons. The van der Waals surface area contributed by atoms with E-state index in [1.54, 1.807) is 7.11 Å². The highest BCUT2D eigenvalue weighted by Gasteiger charge is 2.04. The van der Waals surface area contributed by atoms with Crippen molar-refractivity contribution in [2.45, 2.75) is 6.54 Å². The third-order valence-corrected chi connectivity index (χ3v) is 3.45. The summed E-state index contributed by atoms with van der Waals surface area (Å²) in [5, 5.41) is 1.15. The summed E-state index contributed by atoms with van der Waals surface area (Å²) in [7, 11) is 1.64. The van der Waals surface area contributed by atoms with E-state index in [0.29, 0.717) is 6.61 Å². The Morgan fingerprint density at radius 2 is 1.86 bits per heavy atom. The molecule has 0 fully saturated rings. The molecule has 0 amide bonds. The molecule has 0 aliphatic heterocycles. The van der Waals surface area contributed by atoms with Crippen molar-refractivity contribution in [3.8, 4) is 11.5 Å². The number of hydrogen-bond acceptors (Lipinski definition) is 3. The summed E-state index contributed by atoms with van der Waals surface area (Å²) < 4.78 is 13.2. The molecule has 1 aromatic heterocycles. The molecule has 0 bridgehead atoms. The third kappa shape index (κ3) is 2.79. The van der Waals surface area contributed by atoms with E-state index in [1.807, 2.05) is 42.5 Å². The van der Waals surface area contributed by atoms with Crippen molar-refractivity contribution in [1.29, 1.82) is 0 Å². The molecule has 0 spiro atoms. The quantitative estimate of drug-likeness (QED) is 0.730. The maximum atomic E-state index is 5.80. The van der Waals surface area contributed by atoms with Crippen LogP contribution in [0.15, 0.2) is 54.7 Å². The van der Waals surface area contributed by atoms with Gasteiger partial charge < -0.3 is 19.8 Å². The van der Waals surface area contributed by atoms with Crippen LogP contribution in [-0.4, -0.2) is 18.3 Å². The number of hydrogen-bond donors (Lipinski definition) is 1. The van der Waals surface area contributed by atoms with Crippen LogP contribution in [0, 0.1) is 0 Å². The molecule has 4 heteroatoms. The predicted molar refractivity (Wildman–Crippen MR) is 84.8 cm³/mol. The van der Waals surface area contributed by atoms with Crippen LogP contribution < -0.4 is 15.2 Å². The minimum Gasteiger partial charge on any atom is -0.493 e. The number of rotatable bonds is 5. The summed E-state index contributed by atoms with van der Waals surface area (Å²) in [6, 6.07) is 15.7. The van der Waals surface area contributed by atoms with Crippen LogP contribution >= 0.6 is 0 Å². The van der Waals surface area contributed by atoms with Crippen LogP contribution in [-0.2, 0) is 6.54 Å². The zero-order valence-corrected chi connectivity index (χ0v) is 12.0. The number of nitrogen functional groups attached to an aromatic ring is 1. The lowest BCUT2D eigenvalue weighted by Crippen LogP contribution is -2.07. The maximum absolute atomic E-state index is 5.80. The largest absolute Gasteiger partial charge is 0.493 e. The highest BCUT2D eigenvalue weighted by molar-refractivity contribution is 5.83. The van der Waals surface area contributed by atoms with Crippen molar-refractivity contribution >= 4 is 16.6 Å². The fraction of sp³-hybridized carbons (Fsp3) is 0.176. The molecule has 0 atom stereocenters. The third-order valence-electron chi connectivity index (χ3n) is 3.45. The van der Waals surface area contributed by atoms with Crippen molar-refractivity contribution in [3.63, 3.8) is 0 Å². The van der Waals surface area contributed by atoms with Crippen LogP contribution in [0.25, 0.3) is 10.9 Å². The zero-order chi connectivity index (χ0) is 14.7. The average Bonchev–Trinajstić information content (AvgIpc) is 2.90. The van der Waals surface area contributed by atoms with Crippen molar-refractivity contribution in [1.82, 2.24) is 4.57 Å². The molecule has 0 saturated heterocycles. The molecular weight excluding hydrogens is 264 g/mol. The first-order chi connectivity index (χ1) is 10.3. The minimum absolute atomic E-state index is 0.578. The summed E-state index contributed by atoms with van der Waals surface area (Å²) in [6.07, 6.45) is 2.05. The minimum atomic E-state index is 0.578. The van der Waals surface area contributed by atoms with E-state index in [4.69, 9.17) is 15.2 Å². The van der Waals surface area contributed by atoms with Gasteiger partial charge in [0.25, 0.3) is 0 Å². The highest BCUT2D eigenvalue weighted by atomic mass is 16.5. The Hall–Kier alpha value is -2.62. The van der Waals surface area contributed by atoms with E-state index in [-0.39, 0.29) is 0 Å². The Morgan fingerprint density at radius 1 is 1.05 bits per heavy atom. The number of fused-ring (bicyclic) bond motifs is 1. The monoisotopic (exact) mass is 282 g/mol. The van der Waals surface area contributed by atoms with Crippen molar-refractivity contribution in [2.75, 3.05) is 19.5 Å². The second kappa shape index (κ2) is 5.79. The Labute approximate surface area is 123 Å². The molecule has 3 rings (SSSR count). The average molecular weight is 282 g/mol. The Balaban J connectivity index is 1.69. The topological polar surface area (TPSA) is 49.4 Å². The van der Waals surface area contributed by atoms with Gasteiger partial charge in [0.05, 0.1) is 13.7 Å². The summed E-state index contributed by atoms with van der Waals surface area (Å²) in [6.45, 7) is 1.35. The summed E-state index contributed by atoms with van der Waals surface area (Å²) >= 11 is 0. The maximum Gasteiger partial charge on any atom is 0.161 e. The number of para-hydroxylation sites is 2. The molecule has 0 unspecified atom stereocenters. The van der Waals surface area contributed by atoms with E-state index in [0.717, 1.165) is 34.6 Å². The Bertz CT molecular complexity index is 749. The van der Waals surface area contributed by atoms with Gasteiger partial charge in [0.1, 0.15) is 6.61 Å². The first-order valence-corrected chi connectivity index (χ1v) is 6.88. The van der Waals surface area contributed by atoms with Gasteiger partial charge in [0, 0.05) is 22.8 Å². The van der Waals surface area contributed by atoms with Crippen molar-refractivity contribution in [2.24, 2.45) is 0 Å². The molecule has 0 aliphatic carbocycles. The predicted octanol–water partition coefficient (Wildman–Crippen LogP) is 3.31. The lowest BCUT2D eigenvalue weighted by atomic mass is 10.2. The molecule has 2 aromatic carbocycles. The number of ether oxygens (including phenoxy) is 2. The fourth-order valence-corrected chi connectivity index (χ4v) is 2.41. The molecule has 21 heavy (non-hydrogen) atoms. The van der Waals surface area contributed by atoms with Gasteiger partial charge in [-0.25, -0.2) is 0 Å². The lowest BCUT2D eigenvalue weighted by Gasteiger charge is -2.11. The van der Waals surface area contributed by atoms with Gasteiger partial charge in [-0.1, -0.05) is 12.1 Å². The van der Waals surface area contributed by atoms with E-state index >= 15 is 0 Å². The van der Waals surface area contributed by atoms with Gasteiger partial charge >= 0.3 is 0 Å². The molecule has 4 nitrogen and oxygen atoms in total. The summed E-state index contributed by atoms with van der Waals surface area (Å²) in [4.78, 5) is 0. The van der Waals surface area contributed by atoms with Gasteiger partial charge in [-0.15, -0.1) is 0 Å². The van der Waals surface area contributed by atoms with E-state index < -0.39 is 0 Å². The first-order valence-electron chi connectivity index (χ1n) is 6.88. The van der Waals surface area contributed by atoms with Crippen molar-refractivity contribution < 1.29 is 9.47 Å². The summed E-state index contributed by atoms with van der Waals surface area (Å²) in [5.41, 5.74) is 7.74. The summed E-state index contributed by atoms with van der Waals surface area (Å²) in [5.74, 6) is 1.52. The smallest absolute Gasteiger partial charge is 0.161 e. The number of aromatic nitrogens is 1. The Morgan fingerprint density at radius 3 is 2.67 bits per heavy atom. The van der Waals surface area contributed by atoms with E-state index in [9.17, 15) is 0 Å². The van der Waals surface area contributed by atoms with Gasteiger partial charge in [-0.2, -0.15) is 0 Å². The number of methoxy groups -OCH3 is 1. The number of anilines is 1. The van der Waals surface area contributed by atoms with Gasteiger partial charge in [-0.05, 0) is 36.4 Å². The van der Waals surface area contributed by atoms with Crippen LogP contribution in [0.3, 0.4) is 0 Å². The molecule has 3 aromatic rings. The zero-order valence-electron chi connectivity index (χ0n) is 12.0. The molecule has 0 radical (unpaired) electrons. The molecular formula is C17H18N2O2. The van der Waals surface area contributed by atoms with E-state index in [2.05, 4.69) is 16.8 Å². The normalized spacial score (nSPS) is 10.7. The van der Waals surface area contributed by atoms with Crippen LogP contribution in [0.1, 0.15) is 0 Å². The molecule has 2 N–H and O–H groups in total. The standard InChI is InChI=1S/C17H18N2O2/c1-20-16-4-2-3-5-17(16)21-11-10-19-9-8-13-12-14(18)6-7-15(13)19/h2-9,12H,10-11,18H2,1H3.